The van der Waals surface area contributed by atoms with Gasteiger partial charge in [0.15, 0.2) is 0 Å². The number of nitrogen functional groups attached to an aromatic ring is 1. The van der Waals surface area contributed by atoms with E-state index in [1.165, 1.54) is 0 Å². The third-order valence-electron chi connectivity index (χ3n) is 2.46. The molecule has 0 saturated heterocycles. The fourth-order valence-electron chi connectivity index (χ4n) is 1.71. The number of nitrogens with zero attached hydrogens (tertiary/aromatic N) is 1. The lowest BCUT2D eigenvalue weighted by Crippen LogP contribution is -2.29. The van der Waals surface area contributed by atoms with Gasteiger partial charge in [-0.1, -0.05) is 0 Å². The first-order chi connectivity index (χ1) is 8.19. The highest BCUT2D eigenvalue weighted by Gasteiger charge is 2.06. The molecule has 96 valence electrons. The lowest BCUT2D eigenvalue weighted by molar-refractivity contribution is 0.156. The highest BCUT2D eigenvalue weighted by atomic mass is 16.5. The lowest BCUT2D eigenvalue weighted by atomic mass is 10.1. The molecule has 0 unspecified atom stereocenters. The van der Waals surface area contributed by atoms with Gasteiger partial charge in [0.25, 0.3) is 0 Å². The van der Waals surface area contributed by atoms with Crippen molar-refractivity contribution >= 4 is 5.69 Å². The largest absolute Gasteiger partial charge is 0.497 e. The summed E-state index contributed by atoms with van der Waals surface area (Å²) < 4.78 is 5.14. The zero-order chi connectivity index (χ0) is 12.7. The number of ether oxygens (including phenoxy) is 1. The number of methoxy groups -OCH3 is 1. The molecule has 0 fully saturated rings. The number of hydrogen-bond donors (Lipinski definition) is 3. The number of aliphatic hydroxyl groups excluding tert-OH is 2. The second kappa shape index (κ2) is 7.11. The van der Waals surface area contributed by atoms with Crippen molar-refractivity contribution in [3.63, 3.8) is 0 Å². The fourth-order valence-corrected chi connectivity index (χ4v) is 1.71. The summed E-state index contributed by atoms with van der Waals surface area (Å²) in [6, 6.07) is 5.52. The zero-order valence-corrected chi connectivity index (χ0v) is 10.1. The van der Waals surface area contributed by atoms with E-state index in [9.17, 15) is 0 Å². The molecule has 0 aliphatic heterocycles. The Labute approximate surface area is 101 Å². The van der Waals surface area contributed by atoms with Crippen LogP contribution in [-0.4, -0.2) is 48.5 Å². The van der Waals surface area contributed by atoms with Crippen LogP contribution in [0.2, 0.25) is 0 Å². The van der Waals surface area contributed by atoms with E-state index < -0.39 is 0 Å². The summed E-state index contributed by atoms with van der Waals surface area (Å²) in [6.45, 7) is 1.82. The van der Waals surface area contributed by atoms with Crippen LogP contribution in [0.15, 0.2) is 18.2 Å². The summed E-state index contributed by atoms with van der Waals surface area (Å²) in [5.41, 5.74) is 7.41. The molecule has 1 rings (SSSR count). The number of anilines is 1. The van der Waals surface area contributed by atoms with Crippen LogP contribution in [0.1, 0.15) is 5.56 Å². The summed E-state index contributed by atoms with van der Waals surface area (Å²) in [7, 11) is 1.60. The van der Waals surface area contributed by atoms with Crippen molar-refractivity contribution in [2.75, 3.05) is 39.1 Å². The van der Waals surface area contributed by atoms with E-state index in [-0.39, 0.29) is 13.2 Å². The van der Waals surface area contributed by atoms with Gasteiger partial charge in [0.1, 0.15) is 5.75 Å². The summed E-state index contributed by atoms with van der Waals surface area (Å²) in [5.74, 6) is 0.716. The monoisotopic (exact) mass is 240 g/mol. The summed E-state index contributed by atoms with van der Waals surface area (Å²) in [6.07, 6.45) is 0. The molecule has 5 nitrogen and oxygen atoms in total. The molecule has 0 aliphatic carbocycles. The second-order valence-electron chi connectivity index (χ2n) is 3.84. The van der Waals surface area contributed by atoms with E-state index in [0.717, 1.165) is 5.56 Å². The average Bonchev–Trinajstić information content (AvgIpc) is 2.29. The van der Waals surface area contributed by atoms with Gasteiger partial charge in [-0.3, -0.25) is 4.90 Å². The molecule has 1 aromatic carbocycles. The van der Waals surface area contributed by atoms with Crippen LogP contribution in [0.25, 0.3) is 0 Å². The average molecular weight is 240 g/mol. The molecule has 4 N–H and O–H groups in total. The molecule has 0 bridgehead atoms. The molecule has 0 radical (unpaired) electrons. The van der Waals surface area contributed by atoms with Crippen LogP contribution in [0.4, 0.5) is 5.69 Å². The van der Waals surface area contributed by atoms with E-state index in [1.807, 2.05) is 17.0 Å². The molecule has 0 heterocycles. The molecule has 17 heavy (non-hydrogen) atoms. The second-order valence-corrected chi connectivity index (χ2v) is 3.84. The number of aliphatic hydroxyl groups is 2. The fraction of sp³-hybridized carbons (Fsp3) is 0.500. The Bertz CT molecular complexity index is 339. The summed E-state index contributed by atoms with van der Waals surface area (Å²) >= 11 is 0. The Kier molecular flexibility index (Phi) is 5.76. The Morgan fingerprint density at radius 1 is 1.18 bits per heavy atom. The van der Waals surface area contributed by atoms with Gasteiger partial charge in [0.05, 0.1) is 20.3 Å². The van der Waals surface area contributed by atoms with Crippen molar-refractivity contribution in [3.05, 3.63) is 23.8 Å². The predicted molar refractivity (Wildman–Crippen MR) is 66.9 cm³/mol. The standard InChI is InChI=1S/C12H20N2O3/c1-17-12-7-10(6-11(13)8-12)9-14(2-4-15)3-5-16/h6-8,15-16H,2-5,9,13H2,1H3. The quantitative estimate of drug-likeness (QED) is 0.588. The maximum Gasteiger partial charge on any atom is 0.121 e. The van der Waals surface area contributed by atoms with E-state index in [1.54, 1.807) is 13.2 Å². The van der Waals surface area contributed by atoms with Crippen LogP contribution in [0.3, 0.4) is 0 Å². The molecule has 0 amide bonds. The van der Waals surface area contributed by atoms with Crippen LogP contribution in [0, 0.1) is 0 Å². The maximum absolute atomic E-state index is 8.92. The first kappa shape index (κ1) is 13.8. The van der Waals surface area contributed by atoms with Crippen LogP contribution in [0.5, 0.6) is 5.75 Å². The topological polar surface area (TPSA) is 79.0 Å². The Balaban J connectivity index is 2.73. The first-order valence-electron chi connectivity index (χ1n) is 5.57. The molecular formula is C12H20N2O3. The Hall–Kier alpha value is -1.30. The van der Waals surface area contributed by atoms with Crippen LogP contribution >= 0.6 is 0 Å². The van der Waals surface area contributed by atoms with E-state index >= 15 is 0 Å². The van der Waals surface area contributed by atoms with Gasteiger partial charge in [-0.25, -0.2) is 0 Å². The van der Waals surface area contributed by atoms with E-state index in [0.29, 0.717) is 31.1 Å². The van der Waals surface area contributed by atoms with Crippen molar-refractivity contribution in [1.82, 2.24) is 4.90 Å². The smallest absolute Gasteiger partial charge is 0.121 e. The molecule has 5 heteroatoms. The highest BCUT2D eigenvalue weighted by Crippen LogP contribution is 2.19. The van der Waals surface area contributed by atoms with Gasteiger partial charge >= 0.3 is 0 Å². The first-order valence-corrected chi connectivity index (χ1v) is 5.57. The minimum absolute atomic E-state index is 0.0689. The van der Waals surface area contributed by atoms with Gasteiger partial charge in [-0.15, -0.1) is 0 Å². The van der Waals surface area contributed by atoms with Gasteiger partial charge in [0, 0.05) is 31.4 Å². The molecular weight excluding hydrogens is 220 g/mol. The van der Waals surface area contributed by atoms with E-state index in [4.69, 9.17) is 20.7 Å². The number of rotatable bonds is 7. The highest BCUT2D eigenvalue weighted by molar-refractivity contribution is 5.47. The SMILES string of the molecule is COc1cc(N)cc(CN(CCO)CCO)c1. The van der Waals surface area contributed by atoms with Gasteiger partial charge in [-0.05, 0) is 17.7 Å². The number of hydrogen-bond acceptors (Lipinski definition) is 5. The number of benzene rings is 1. The minimum Gasteiger partial charge on any atom is -0.497 e. The summed E-state index contributed by atoms with van der Waals surface area (Å²) in [5, 5.41) is 17.8. The van der Waals surface area contributed by atoms with Gasteiger partial charge < -0.3 is 20.7 Å². The van der Waals surface area contributed by atoms with Crippen LogP contribution < -0.4 is 10.5 Å². The zero-order valence-electron chi connectivity index (χ0n) is 10.1. The van der Waals surface area contributed by atoms with Crippen molar-refractivity contribution in [2.45, 2.75) is 6.54 Å². The molecule has 0 atom stereocenters. The third kappa shape index (κ3) is 4.60. The molecule has 0 saturated carbocycles. The van der Waals surface area contributed by atoms with Crippen LogP contribution in [-0.2, 0) is 6.54 Å². The Morgan fingerprint density at radius 3 is 2.35 bits per heavy atom. The predicted octanol–water partition coefficient (Wildman–Crippen LogP) is 0.0640. The van der Waals surface area contributed by atoms with Gasteiger partial charge in [0.2, 0.25) is 0 Å². The van der Waals surface area contributed by atoms with Crippen molar-refractivity contribution in [3.8, 4) is 5.75 Å². The van der Waals surface area contributed by atoms with Crippen molar-refractivity contribution in [1.29, 1.82) is 0 Å². The molecule has 0 aliphatic rings. The Morgan fingerprint density at radius 2 is 1.82 bits per heavy atom. The van der Waals surface area contributed by atoms with Crippen molar-refractivity contribution < 1.29 is 14.9 Å². The molecule has 1 aromatic rings. The van der Waals surface area contributed by atoms with Crippen molar-refractivity contribution in [2.24, 2.45) is 0 Å². The normalized spacial score (nSPS) is 10.8. The third-order valence-corrected chi connectivity index (χ3v) is 2.46. The molecule has 0 aromatic heterocycles. The van der Waals surface area contributed by atoms with E-state index in [2.05, 4.69) is 0 Å². The lowest BCUT2D eigenvalue weighted by Gasteiger charge is -2.20. The maximum atomic E-state index is 8.92. The minimum atomic E-state index is 0.0689. The summed E-state index contributed by atoms with van der Waals surface area (Å²) in [4.78, 5) is 1.95. The molecule has 0 spiro atoms. The van der Waals surface area contributed by atoms with Gasteiger partial charge in [-0.2, -0.15) is 0 Å². The number of nitrogens with two attached hydrogens (primary N) is 1.